The summed E-state index contributed by atoms with van der Waals surface area (Å²) in [4.78, 5) is 26.7. The average molecular weight is 415 g/mol. The lowest BCUT2D eigenvalue weighted by Gasteiger charge is -2.31. The Kier molecular flexibility index (Phi) is 6.92. The van der Waals surface area contributed by atoms with Crippen molar-refractivity contribution in [1.29, 1.82) is 0 Å². The lowest BCUT2D eigenvalue weighted by molar-refractivity contribution is -0.151. The summed E-state index contributed by atoms with van der Waals surface area (Å²) in [6, 6.07) is 9.15. The van der Waals surface area contributed by atoms with Gasteiger partial charge in [0.15, 0.2) is 11.5 Å². The maximum atomic E-state index is 13.0. The van der Waals surface area contributed by atoms with Crippen LogP contribution in [0.3, 0.4) is 0 Å². The van der Waals surface area contributed by atoms with E-state index in [4.69, 9.17) is 14.2 Å². The molecular weight excluding hydrogens is 389 g/mol. The summed E-state index contributed by atoms with van der Waals surface area (Å²) < 4.78 is 29.2. The molecule has 0 atom stereocenters. The molecule has 1 aliphatic rings. The molecule has 1 heterocycles. The minimum Gasteiger partial charge on any atom is -0.493 e. The number of nitrogens with zero attached hydrogens (tertiary/aromatic N) is 1. The molecule has 0 aromatic heterocycles. The van der Waals surface area contributed by atoms with E-state index < -0.39 is 0 Å². The second-order valence-electron chi connectivity index (χ2n) is 7.31. The molecule has 3 rings (SSSR count). The van der Waals surface area contributed by atoms with E-state index in [2.05, 4.69) is 0 Å². The van der Waals surface area contributed by atoms with Crippen molar-refractivity contribution in [2.75, 3.05) is 27.3 Å². The highest BCUT2D eigenvalue weighted by molar-refractivity contribution is 5.94. The Bertz CT molecular complexity index is 905. The van der Waals surface area contributed by atoms with Gasteiger partial charge >= 0.3 is 5.97 Å². The van der Waals surface area contributed by atoms with Gasteiger partial charge in [0.05, 0.1) is 20.1 Å². The molecule has 0 saturated carbocycles. The van der Waals surface area contributed by atoms with Crippen LogP contribution in [0.1, 0.15) is 34.3 Å². The number of carbonyl (C=O) groups is 2. The number of hydrogen-bond donors (Lipinski definition) is 0. The minimum absolute atomic E-state index is 0.150. The molecule has 1 aliphatic heterocycles. The van der Waals surface area contributed by atoms with Gasteiger partial charge in [-0.3, -0.25) is 9.59 Å². The predicted molar refractivity (Wildman–Crippen MR) is 109 cm³/mol. The van der Waals surface area contributed by atoms with Crippen LogP contribution in [0.2, 0.25) is 0 Å². The van der Waals surface area contributed by atoms with Gasteiger partial charge in [-0.15, -0.1) is 0 Å². The summed E-state index contributed by atoms with van der Waals surface area (Å²) in [6.07, 6.45) is 1.08. The molecule has 2 aromatic carbocycles. The van der Waals surface area contributed by atoms with Crippen LogP contribution >= 0.6 is 0 Å². The second kappa shape index (κ2) is 9.61. The normalized spacial score (nSPS) is 14.3. The Balaban J connectivity index is 1.53. The average Bonchev–Trinajstić information content (AvgIpc) is 2.78. The number of benzene rings is 2. The van der Waals surface area contributed by atoms with E-state index in [1.165, 1.54) is 24.3 Å². The summed E-state index contributed by atoms with van der Waals surface area (Å²) >= 11 is 0. The molecule has 0 radical (unpaired) electrons. The van der Waals surface area contributed by atoms with Crippen molar-refractivity contribution in [2.24, 2.45) is 5.92 Å². The first-order chi connectivity index (χ1) is 14.4. The number of methoxy groups -OCH3 is 2. The first kappa shape index (κ1) is 21.6. The fourth-order valence-corrected chi connectivity index (χ4v) is 3.54. The van der Waals surface area contributed by atoms with E-state index in [-0.39, 0.29) is 30.2 Å². The number of hydrogen-bond acceptors (Lipinski definition) is 5. The third kappa shape index (κ3) is 4.90. The fraction of sp³-hybridized carbons (Fsp3) is 0.391. The smallest absolute Gasteiger partial charge is 0.309 e. The Morgan fingerprint density at radius 3 is 2.23 bits per heavy atom. The first-order valence-electron chi connectivity index (χ1n) is 9.86. The van der Waals surface area contributed by atoms with Crippen LogP contribution < -0.4 is 9.47 Å². The molecule has 160 valence electrons. The highest BCUT2D eigenvalue weighted by Gasteiger charge is 2.29. The summed E-state index contributed by atoms with van der Waals surface area (Å²) in [5.74, 6) is 0.173. The molecule has 30 heavy (non-hydrogen) atoms. The number of piperidine rings is 1. The lowest BCUT2D eigenvalue weighted by Crippen LogP contribution is -2.40. The van der Waals surface area contributed by atoms with Crippen LogP contribution in [0, 0.1) is 18.7 Å². The van der Waals surface area contributed by atoms with Crippen molar-refractivity contribution < 1.29 is 28.2 Å². The van der Waals surface area contributed by atoms with Crippen LogP contribution in [0.15, 0.2) is 36.4 Å². The Labute approximate surface area is 175 Å². The number of esters is 1. The lowest BCUT2D eigenvalue weighted by atomic mass is 9.96. The molecule has 6 nitrogen and oxygen atoms in total. The molecule has 1 fully saturated rings. The quantitative estimate of drug-likeness (QED) is 0.673. The molecular formula is C23H26FNO5. The maximum absolute atomic E-state index is 13.0. The maximum Gasteiger partial charge on any atom is 0.309 e. The number of halogens is 1. The van der Waals surface area contributed by atoms with Crippen LogP contribution in [0.5, 0.6) is 11.5 Å². The van der Waals surface area contributed by atoms with Crippen molar-refractivity contribution in [3.8, 4) is 11.5 Å². The molecule has 0 spiro atoms. The number of amides is 1. The third-order valence-electron chi connectivity index (χ3n) is 5.42. The van der Waals surface area contributed by atoms with E-state index in [0.717, 1.165) is 11.1 Å². The minimum atomic E-state index is -0.377. The SMILES string of the molecule is COc1cc(C)c(COC(=O)C2CCN(C(=O)c3ccc(F)cc3)CC2)cc1OC. The Morgan fingerprint density at radius 1 is 1.03 bits per heavy atom. The largest absolute Gasteiger partial charge is 0.493 e. The van der Waals surface area contributed by atoms with Crippen LogP contribution in [0.25, 0.3) is 0 Å². The molecule has 0 bridgehead atoms. The van der Waals surface area contributed by atoms with E-state index in [9.17, 15) is 14.0 Å². The van der Waals surface area contributed by atoms with Gasteiger partial charge in [0.2, 0.25) is 0 Å². The first-order valence-corrected chi connectivity index (χ1v) is 9.86. The van der Waals surface area contributed by atoms with Crippen molar-refractivity contribution in [3.63, 3.8) is 0 Å². The van der Waals surface area contributed by atoms with Crippen LogP contribution in [0.4, 0.5) is 4.39 Å². The summed E-state index contributed by atoms with van der Waals surface area (Å²) in [6.45, 7) is 3.00. The van der Waals surface area contributed by atoms with Gasteiger partial charge in [-0.1, -0.05) is 0 Å². The Hall–Kier alpha value is -3.09. The standard InChI is InChI=1S/C23H26FNO5/c1-15-12-20(28-2)21(29-3)13-18(15)14-30-23(27)17-8-10-25(11-9-17)22(26)16-4-6-19(24)7-5-16/h4-7,12-13,17H,8-11,14H2,1-3H3. The number of aryl methyl sites for hydroxylation is 1. The van der Waals surface area contributed by atoms with Gasteiger partial charge in [-0.2, -0.15) is 0 Å². The third-order valence-corrected chi connectivity index (χ3v) is 5.42. The summed E-state index contributed by atoms with van der Waals surface area (Å²) in [7, 11) is 3.13. The second-order valence-corrected chi connectivity index (χ2v) is 7.31. The molecule has 1 saturated heterocycles. The number of carbonyl (C=O) groups excluding carboxylic acids is 2. The molecule has 0 N–H and O–H groups in total. The molecule has 2 aromatic rings. The number of rotatable bonds is 6. The molecule has 0 unspecified atom stereocenters. The van der Waals surface area contributed by atoms with E-state index in [1.54, 1.807) is 19.1 Å². The van der Waals surface area contributed by atoms with Gasteiger partial charge in [-0.25, -0.2) is 4.39 Å². The molecule has 1 amide bonds. The zero-order chi connectivity index (χ0) is 21.7. The molecule has 7 heteroatoms. The van der Waals surface area contributed by atoms with Crippen LogP contribution in [-0.4, -0.2) is 44.1 Å². The van der Waals surface area contributed by atoms with Gasteiger partial charge in [0, 0.05) is 18.7 Å². The van der Waals surface area contributed by atoms with Gasteiger partial charge in [0.1, 0.15) is 12.4 Å². The van der Waals surface area contributed by atoms with Gasteiger partial charge < -0.3 is 19.1 Å². The topological polar surface area (TPSA) is 65.1 Å². The highest BCUT2D eigenvalue weighted by Crippen LogP contribution is 2.31. The zero-order valence-electron chi connectivity index (χ0n) is 17.4. The van der Waals surface area contributed by atoms with Gasteiger partial charge in [0.25, 0.3) is 5.91 Å². The van der Waals surface area contributed by atoms with E-state index in [1.807, 2.05) is 19.1 Å². The zero-order valence-corrected chi connectivity index (χ0v) is 17.4. The van der Waals surface area contributed by atoms with E-state index in [0.29, 0.717) is 43.0 Å². The highest BCUT2D eigenvalue weighted by atomic mass is 19.1. The summed E-state index contributed by atoms with van der Waals surface area (Å²) in [5, 5.41) is 0. The summed E-state index contributed by atoms with van der Waals surface area (Å²) in [5.41, 5.74) is 2.24. The van der Waals surface area contributed by atoms with E-state index >= 15 is 0 Å². The number of likely N-dealkylation sites (tertiary alicyclic amines) is 1. The fourth-order valence-electron chi connectivity index (χ4n) is 3.54. The number of ether oxygens (including phenoxy) is 3. The van der Waals surface area contributed by atoms with Crippen molar-refractivity contribution in [3.05, 3.63) is 58.9 Å². The Morgan fingerprint density at radius 2 is 1.63 bits per heavy atom. The van der Waals surface area contributed by atoms with Gasteiger partial charge in [-0.05, 0) is 67.3 Å². The van der Waals surface area contributed by atoms with Crippen molar-refractivity contribution in [2.45, 2.75) is 26.4 Å². The predicted octanol–water partition coefficient (Wildman–Crippen LogP) is 3.75. The molecule has 0 aliphatic carbocycles. The van der Waals surface area contributed by atoms with Crippen LogP contribution in [-0.2, 0) is 16.1 Å². The monoisotopic (exact) mass is 415 g/mol. The van der Waals surface area contributed by atoms with Crippen molar-refractivity contribution >= 4 is 11.9 Å². The van der Waals surface area contributed by atoms with Crippen molar-refractivity contribution in [1.82, 2.24) is 4.90 Å².